The van der Waals surface area contributed by atoms with Gasteiger partial charge in [-0.2, -0.15) is 0 Å². The lowest BCUT2D eigenvalue weighted by molar-refractivity contribution is -0.149. The molecule has 1 fully saturated rings. The Balaban J connectivity index is 1.80. The molecular weight excluding hydrogens is 308 g/mol. The zero-order chi connectivity index (χ0) is 17.4. The third kappa shape index (κ3) is 4.88. The molecule has 6 heteroatoms. The number of carbonyl (C=O) groups is 2. The van der Waals surface area contributed by atoms with Crippen LogP contribution < -0.4 is 10.1 Å². The van der Waals surface area contributed by atoms with Crippen LogP contribution in [0.3, 0.4) is 0 Å². The fraction of sp³-hybridized carbons (Fsp3) is 0.556. The summed E-state index contributed by atoms with van der Waals surface area (Å²) in [4.78, 5) is 25.7. The van der Waals surface area contributed by atoms with Gasteiger partial charge in [0.1, 0.15) is 5.75 Å². The monoisotopic (exact) mass is 334 g/mol. The van der Waals surface area contributed by atoms with Gasteiger partial charge in [0.25, 0.3) is 0 Å². The van der Waals surface area contributed by atoms with Gasteiger partial charge in [-0.25, -0.2) is 4.79 Å². The van der Waals surface area contributed by atoms with Gasteiger partial charge in [0.2, 0.25) is 0 Å². The molecule has 0 aromatic heterocycles. The van der Waals surface area contributed by atoms with E-state index in [1.807, 2.05) is 24.3 Å². The Morgan fingerprint density at radius 1 is 1.29 bits per heavy atom. The molecule has 1 heterocycles. The minimum Gasteiger partial charge on any atom is -0.473 e. The van der Waals surface area contributed by atoms with E-state index in [0.717, 1.165) is 30.6 Å². The van der Waals surface area contributed by atoms with Crippen LogP contribution in [0.5, 0.6) is 5.75 Å². The highest BCUT2D eigenvalue weighted by molar-refractivity contribution is 5.77. The molecule has 1 aliphatic heterocycles. The largest absolute Gasteiger partial charge is 0.473 e. The summed E-state index contributed by atoms with van der Waals surface area (Å²) < 4.78 is 10.7. The summed E-state index contributed by atoms with van der Waals surface area (Å²) in [5, 5.41) is 2.76. The molecular formula is C18H26N2O4. The molecule has 2 amide bonds. The number of esters is 1. The zero-order valence-electron chi connectivity index (χ0n) is 14.4. The standard InChI is InChI=1S/C18H26N2O4/c1-3-14-8-5-6-10-16(14)24-13-19-18(22)20-11-7-9-15(12-20)17(21)23-4-2/h5-6,8,10,15H,3-4,7,9,11-13H2,1-2H3,(H,19,22). The van der Waals surface area contributed by atoms with Gasteiger partial charge in [0.05, 0.1) is 12.5 Å². The minimum absolute atomic E-state index is 0.108. The van der Waals surface area contributed by atoms with Gasteiger partial charge in [0.15, 0.2) is 6.73 Å². The van der Waals surface area contributed by atoms with Crippen LogP contribution >= 0.6 is 0 Å². The molecule has 1 aliphatic rings. The van der Waals surface area contributed by atoms with E-state index in [9.17, 15) is 9.59 Å². The minimum atomic E-state index is -0.230. The summed E-state index contributed by atoms with van der Waals surface area (Å²) in [5.74, 6) is 0.331. The van der Waals surface area contributed by atoms with Gasteiger partial charge < -0.3 is 19.7 Å². The first-order valence-electron chi connectivity index (χ1n) is 8.55. The molecule has 1 aromatic carbocycles. The molecule has 1 saturated heterocycles. The average Bonchev–Trinajstić information content (AvgIpc) is 2.62. The van der Waals surface area contributed by atoms with Crippen LogP contribution in [0, 0.1) is 5.92 Å². The number of benzene rings is 1. The van der Waals surface area contributed by atoms with Crippen molar-refractivity contribution in [3.8, 4) is 5.75 Å². The van der Waals surface area contributed by atoms with Gasteiger partial charge in [-0.05, 0) is 37.8 Å². The number of likely N-dealkylation sites (tertiary alicyclic amines) is 1. The number of ether oxygens (including phenoxy) is 2. The van der Waals surface area contributed by atoms with Crippen molar-refractivity contribution in [1.82, 2.24) is 10.2 Å². The fourth-order valence-corrected chi connectivity index (χ4v) is 2.84. The second-order valence-electron chi connectivity index (χ2n) is 5.77. The molecule has 0 spiro atoms. The van der Waals surface area contributed by atoms with Crippen molar-refractivity contribution < 1.29 is 19.1 Å². The highest BCUT2D eigenvalue weighted by Gasteiger charge is 2.29. The molecule has 1 aromatic rings. The molecule has 1 N–H and O–H groups in total. The number of hydrogen-bond donors (Lipinski definition) is 1. The van der Waals surface area contributed by atoms with E-state index in [1.54, 1.807) is 11.8 Å². The molecule has 1 atom stereocenters. The number of aryl methyl sites for hydroxylation is 1. The second-order valence-corrected chi connectivity index (χ2v) is 5.77. The average molecular weight is 334 g/mol. The normalized spacial score (nSPS) is 17.2. The van der Waals surface area contributed by atoms with Gasteiger partial charge in [-0.1, -0.05) is 25.1 Å². The first-order chi connectivity index (χ1) is 11.7. The maximum atomic E-state index is 12.3. The Labute approximate surface area is 143 Å². The van der Waals surface area contributed by atoms with E-state index >= 15 is 0 Å². The molecule has 0 saturated carbocycles. The fourth-order valence-electron chi connectivity index (χ4n) is 2.84. The van der Waals surface area contributed by atoms with Crippen LogP contribution in [0.15, 0.2) is 24.3 Å². The molecule has 0 aliphatic carbocycles. The summed E-state index contributed by atoms with van der Waals surface area (Å²) >= 11 is 0. The molecule has 6 nitrogen and oxygen atoms in total. The van der Waals surface area contributed by atoms with E-state index in [4.69, 9.17) is 9.47 Å². The highest BCUT2D eigenvalue weighted by atomic mass is 16.5. The number of urea groups is 1. The second kappa shape index (κ2) is 9.15. The number of nitrogens with one attached hydrogen (secondary N) is 1. The van der Waals surface area contributed by atoms with Crippen LogP contribution in [-0.2, 0) is 16.0 Å². The van der Waals surface area contributed by atoms with Crippen molar-refractivity contribution in [3.05, 3.63) is 29.8 Å². The summed E-state index contributed by atoms with van der Waals surface area (Å²) in [6, 6.07) is 7.56. The van der Waals surface area contributed by atoms with Crippen LogP contribution in [0.2, 0.25) is 0 Å². The lowest BCUT2D eigenvalue weighted by Gasteiger charge is -2.31. The van der Waals surface area contributed by atoms with E-state index in [2.05, 4.69) is 12.2 Å². The topological polar surface area (TPSA) is 67.9 Å². The number of nitrogens with zero attached hydrogens (tertiary/aromatic N) is 1. The maximum Gasteiger partial charge on any atom is 0.320 e. The number of para-hydroxylation sites is 1. The van der Waals surface area contributed by atoms with Crippen molar-refractivity contribution in [3.63, 3.8) is 0 Å². The quantitative estimate of drug-likeness (QED) is 0.641. The molecule has 1 unspecified atom stereocenters. The Bertz CT molecular complexity index is 562. The number of piperidine rings is 1. The number of carbonyl (C=O) groups excluding carboxylic acids is 2. The first kappa shape index (κ1) is 18.1. The lowest BCUT2D eigenvalue weighted by Crippen LogP contribution is -2.48. The van der Waals surface area contributed by atoms with Crippen LogP contribution in [0.25, 0.3) is 0 Å². The lowest BCUT2D eigenvalue weighted by atomic mass is 9.98. The Morgan fingerprint density at radius 3 is 2.83 bits per heavy atom. The van der Waals surface area contributed by atoms with E-state index < -0.39 is 0 Å². The molecule has 0 bridgehead atoms. The van der Waals surface area contributed by atoms with Gasteiger partial charge in [0, 0.05) is 13.1 Å². The van der Waals surface area contributed by atoms with Crippen molar-refractivity contribution >= 4 is 12.0 Å². The molecule has 0 radical (unpaired) electrons. The van der Waals surface area contributed by atoms with Gasteiger partial charge >= 0.3 is 12.0 Å². The molecule has 132 valence electrons. The third-order valence-corrected chi connectivity index (χ3v) is 4.13. The Hall–Kier alpha value is -2.24. The van der Waals surface area contributed by atoms with Crippen molar-refractivity contribution in [2.75, 3.05) is 26.4 Å². The summed E-state index contributed by atoms with van der Waals surface area (Å²) in [5.41, 5.74) is 1.10. The maximum absolute atomic E-state index is 12.3. The number of rotatable bonds is 6. The van der Waals surface area contributed by atoms with Crippen LogP contribution in [0.4, 0.5) is 4.79 Å². The first-order valence-corrected chi connectivity index (χ1v) is 8.55. The van der Waals surface area contributed by atoms with E-state index in [0.29, 0.717) is 19.7 Å². The summed E-state index contributed by atoms with van der Waals surface area (Å²) in [6.07, 6.45) is 2.44. The molecule has 24 heavy (non-hydrogen) atoms. The highest BCUT2D eigenvalue weighted by Crippen LogP contribution is 2.19. The SMILES string of the molecule is CCOC(=O)C1CCCN(C(=O)NCOc2ccccc2CC)C1. The summed E-state index contributed by atoms with van der Waals surface area (Å²) in [6.45, 7) is 5.37. The predicted octanol–water partition coefficient (Wildman–Crippen LogP) is 2.57. The van der Waals surface area contributed by atoms with Crippen molar-refractivity contribution in [2.45, 2.75) is 33.1 Å². The Kier molecular flexibility index (Phi) is 6.90. The van der Waals surface area contributed by atoms with Crippen molar-refractivity contribution in [2.24, 2.45) is 5.92 Å². The zero-order valence-corrected chi connectivity index (χ0v) is 14.4. The van der Waals surface area contributed by atoms with Crippen LogP contribution in [0.1, 0.15) is 32.3 Å². The number of amides is 2. The number of hydrogen-bond acceptors (Lipinski definition) is 4. The predicted molar refractivity (Wildman–Crippen MR) is 90.8 cm³/mol. The summed E-state index contributed by atoms with van der Waals surface area (Å²) in [7, 11) is 0. The Morgan fingerprint density at radius 2 is 2.08 bits per heavy atom. The smallest absolute Gasteiger partial charge is 0.320 e. The van der Waals surface area contributed by atoms with E-state index in [1.165, 1.54) is 0 Å². The molecule has 2 rings (SSSR count). The van der Waals surface area contributed by atoms with E-state index in [-0.39, 0.29) is 24.6 Å². The van der Waals surface area contributed by atoms with Crippen LogP contribution in [-0.4, -0.2) is 43.3 Å². The van der Waals surface area contributed by atoms with Gasteiger partial charge in [-0.3, -0.25) is 4.79 Å². The third-order valence-electron chi connectivity index (χ3n) is 4.13. The van der Waals surface area contributed by atoms with Crippen molar-refractivity contribution in [1.29, 1.82) is 0 Å². The van der Waals surface area contributed by atoms with Gasteiger partial charge in [-0.15, -0.1) is 0 Å².